The minimum atomic E-state index is 0.0166. The van der Waals surface area contributed by atoms with Gasteiger partial charge in [-0.1, -0.05) is 43.2 Å². The molecule has 3 rings (SSSR count). The molecule has 27 heavy (non-hydrogen) atoms. The molecule has 2 aliphatic rings. The summed E-state index contributed by atoms with van der Waals surface area (Å²) in [6.07, 6.45) is 5.62. The van der Waals surface area contributed by atoms with Gasteiger partial charge in [0, 0.05) is 50.6 Å². The third-order valence-corrected chi connectivity index (χ3v) is 6.02. The zero-order valence-corrected chi connectivity index (χ0v) is 16.2. The van der Waals surface area contributed by atoms with E-state index in [4.69, 9.17) is 0 Å². The predicted octanol–water partition coefficient (Wildman–Crippen LogP) is 2.59. The van der Waals surface area contributed by atoms with Crippen molar-refractivity contribution in [3.63, 3.8) is 0 Å². The Labute approximate surface area is 162 Å². The van der Waals surface area contributed by atoms with Crippen LogP contribution in [0.25, 0.3) is 0 Å². The van der Waals surface area contributed by atoms with E-state index in [2.05, 4.69) is 4.90 Å². The summed E-state index contributed by atoms with van der Waals surface area (Å²) in [5.74, 6) is 0.544. The first-order chi connectivity index (χ1) is 13.2. The van der Waals surface area contributed by atoms with Crippen LogP contribution in [0.15, 0.2) is 30.3 Å². The maximum atomic E-state index is 12.6. The lowest BCUT2D eigenvalue weighted by molar-refractivity contribution is -0.130. The third-order valence-electron chi connectivity index (χ3n) is 6.02. The van der Waals surface area contributed by atoms with Crippen LogP contribution >= 0.6 is 0 Å². The largest absolute Gasteiger partial charge is 0.396 e. The molecule has 2 aliphatic heterocycles. The number of carbonyl (C=O) groups is 2. The molecule has 2 heterocycles. The first-order valence-electron chi connectivity index (χ1n) is 10.4. The number of aliphatic hydroxyl groups is 1. The highest BCUT2D eigenvalue weighted by Gasteiger charge is 2.35. The second kappa shape index (κ2) is 10.00. The van der Waals surface area contributed by atoms with Crippen LogP contribution in [-0.4, -0.2) is 65.9 Å². The van der Waals surface area contributed by atoms with E-state index >= 15 is 0 Å². The minimum Gasteiger partial charge on any atom is -0.396 e. The van der Waals surface area contributed by atoms with E-state index in [1.807, 2.05) is 23.1 Å². The standard InChI is InChI=1S/C22H32N2O3/c25-17-20-16-24(15-19(20)14-23-12-6-1-2-7-13-23)22(27)11-10-21(26)18-8-4-3-5-9-18/h3-5,8-9,19-20,25H,1-2,6-7,10-17H2/t19-,20-/m1/s1. The van der Waals surface area contributed by atoms with E-state index in [1.165, 1.54) is 25.7 Å². The Bertz CT molecular complexity index is 611. The van der Waals surface area contributed by atoms with Gasteiger partial charge in [-0.25, -0.2) is 0 Å². The molecule has 0 spiro atoms. The van der Waals surface area contributed by atoms with Crippen molar-refractivity contribution < 1.29 is 14.7 Å². The van der Waals surface area contributed by atoms with Crippen molar-refractivity contribution in [2.45, 2.75) is 38.5 Å². The molecule has 1 aromatic carbocycles. The number of aliphatic hydroxyl groups excluding tert-OH is 1. The van der Waals surface area contributed by atoms with Gasteiger partial charge < -0.3 is 14.9 Å². The van der Waals surface area contributed by atoms with Crippen molar-refractivity contribution in [2.75, 3.05) is 39.3 Å². The van der Waals surface area contributed by atoms with E-state index in [-0.39, 0.29) is 37.1 Å². The average Bonchev–Trinajstić information content (AvgIpc) is 2.93. The normalized spacial score (nSPS) is 24.0. The molecular formula is C22H32N2O3. The molecule has 0 aliphatic carbocycles. The van der Waals surface area contributed by atoms with Crippen LogP contribution in [0, 0.1) is 11.8 Å². The Hall–Kier alpha value is -1.72. The Morgan fingerprint density at radius 1 is 0.926 bits per heavy atom. The van der Waals surface area contributed by atoms with Gasteiger partial charge in [0.1, 0.15) is 0 Å². The number of hydrogen-bond donors (Lipinski definition) is 1. The number of benzene rings is 1. The summed E-state index contributed by atoms with van der Waals surface area (Å²) in [6, 6.07) is 9.15. The van der Waals surface area contributed by atoms with Crippen LogP contribution in [0.2, 0.25) is 0 Å². The van der Waals surface area contributed by atoms with E-state index in [0.29, 0.717) is 24.6 Å². The summed E-state index contributed by atoms with van der Waals surface area (Å²) >= 11 is 0. The van der Waals surface area contributed by atoms with Gasteiger partial charge in [0.15, 0.2) is 5.78 Å². The van der Waals surface area contributed by atoms with Crippen molar-refractivity contribution in [2.24, 2.45) is 11.8 Å². The second-order valence-corrected chi connectivity index (χ2v) is 8.01. The van der Waals surface area contributed by atoms with Crippen LogP contribution < -0.4 is 0 Å². The number of hydrogen-bond acceptors (Lipinski definition) is 4. The van der Waals surface area contributed by atoms with E-state index in [9.17, 15) is 14.7 Å². The topological polar surface area (TPSA) is 60.9 Å². The molecule has 148 valence electrons. The van der Waals surface area contributed by atoms with Crippen LogP contribution in [0.3, 0.4) is 0 Å². The first-order valence-corrected chi connectivity index (χ1v) is 10.4. The lowest BCUT2D eigenvalue weighted by atomic mass is 9.96. The quantitative estimate of drug-likeness (QED) is 0.748. The number of nitrogens with zero attached hydrogens (tertiary/aromatic N) is 2. The highest BCUT2D eigenvalue weighted by atomic mass is 16.3. The van der Waals surface area contributed by atoms with Crippen LogP contribution in [-0.2, 0) is 4.79 Å². The Kier molecular flexibility index (Phi) is 7.41. The molecule has 5 heteroatoms. The maximum absolute atomic E-state index is 12.6. The van der Waals surface area contributed by atoms with Crippen molar-refractivity contribution in [1.82, 2.24) is 9.80 Å². The minimum absolute atomic E-state index is 0.0166. The van der Waals surface area contributed by atoms with E-state index in [1.54, 1.807) is 12.1 Å². The SMILES string of the molecule is O=C(CCC(=O)N1C[C@@H](CN2CCCCCC2)[C@@H](CO)C1)c1ccccc1. The fourth-order valence-electron chi connectivity index (χ4n) is 4.35. The highest BCUT2D eigenvalue weighted by molar-refractivity contribution is 5.97. The van der Waals surface area contributed by atoms with Crippen LogP contribution in [0.1, 0.15) is 48.9 Å². The van der Waals surface area contributed by atoms with Crippen molar-refractivity contribution in [3.05, 3.63) is 35.9 Å². The van der Waals surface area contributed by atoms with Gasteiger partial charge in [-0.05, 0) is 31.8 Å². The number of likely N-dealkylation sites (tertiary alicyclic amines) is 2. The summed E-state index contributed by atoms with van der Waals surface area (Å²) in [4.78, 5) is 29.2. The smallest absolute Gasteiger partial charge is 0.223 e. The molecule has 5 nitrogen and oxygen atoms in total. The van der Waals surface area contributed by atoms with E-state index in [0.717, 1.165) is 19.6 Å². The summed E-state index contributed by atoms with van der Waals surface area (Å²) in [7, 11) is 0. The number of carbonyl (C=O) groups excluding carboxylic acids is 2. The van der Waals surface area contributed by atoms with Gasteiger partial charge in [-0.2, -0.15) is 0 Å². The predicted molar refractivity (Wildman–Crippen MR) is 106 cm³/mol. The summed E-state index contributed by atoms with van der Waals surface area (Å²) in [6.45, 7) is 4.69. The zero-order valence-electron chi connectivity index (χ0n) is 16.2. The zero-order chi connectivity index (χ0) is 19.1. The van der Waals surface area contributed by atoms with Gasteiger partial charge in [-0.15, -0.1) is 0 Å². The molecule has 1 N–H and O–H groups in total. The van der Waals surface area contributed by atoms with Crippen molar-refractivity contribution in [1.29, 1.82) is 0 Å². The lowest BCUT2D eigenvalue weighted by Gasteiger charge is -2.26. The Balaban J connectivity index is 1.49. The second-order valence-electron chi connectivity index (χ2n) is 8.01. The van der Waals surface area contributed by atoms with Crippen molar-refractivity contribution >= 4 is 11.7 Å². The first kappa shape index (κ1) is 20.0. The fourth-order valence-corrected chi connectivity index (χ4v) is 4.35. The molecule has 0 saturated carbocycles. The molecular weight excluding hydrogens is 340 g/mol. The number of rotatable bonds is 7. The van der Waals surface area contributed by atoms with Crippen LogP contribution in [0.4, 0.5) is 0 Å². The third kappa shape index (κ3) is 5.63. The average molecular weight is 373 g/mol. The van der Waals surface area contributed by atoms with E-state index < -0.39 is 0 Å². The number of amides is 1. The van der Waals surface area contributed by atoms with Gasteiger partial charge >= 0.3 is 0 Å². The molecule has 2 saturated heterocycles. The Morgan fingerprint density at radius 2 is 1.59 bits per heavy atom. The van der Waals surface area contributed by atoms with Gasteiger partial charge in [0.25, 0.3) is 0 Å². The Morgan fingerprint density at radius 3 is 2.26 bits per heavy atom. The summed E-state index contributed by atoms with van der Waals surface area (Å²) in [5.41, 5.74) is 0.666. The van der Waals surface area contributed by atoms with Crippen molar-refractivity contribution in [3.8, 4) is 0 Å². The number of Topliss-reactive ketones (excluding diaryl/α,β-unsaturated/α-hetero) is 1. The number of ketones is 1. The molecule has 1 aromatic rings. The molecule has 2 fully saturated rings. The molecule has 0 radical (unpaired) electrons. The molecule has 0 bridgehead atoms. The monoisotopic (exact) mass is 372 g/mol. The van der Waals surface area contributed by atoms with Gasteiger partial charge in [0.05, 0.1) is 0 Å². The van der Waals surface area contributed by atoms with Crippen LogP contribution in [0.5, 0.6) is 0 Å². The molecule has 2 atom stereocenters. The summed E-state index contributed by atoms with van der Waals surface area (Å²) in [5, 5.41) is 9.78. The lowest BCUT2D eigenvalue weighted by Crippen LogP contribution is -2.35. The fraction of sp³-hybridized carbons (Fsp3) is 0.636. The molecule has 1 amide bonds. The maximum Gasteiger partial charge on any atom is 0.223 e. The molecule has 0 aromatic heterocycles. The highest BCUT2D eigenvalue weighted by Crippen LogP contribution is 2.26. The van der Waals surface area contributed by atoms with Gasteiger partial charge in [0.2, 0.25) is 5.91 Å². The van der Waals surface area contributed by atoms with Gasteiger partial charge in [-0.3, -0.25) is 9.59 Å². The molecule has 0 unspecified atom stereocenters. The summed E-state index contributed by atoms with van der Waals surface area (Å²) < 4.78 is 0.